The predicted octanol–water partition coefficient (Wildman–Crippen LogP) is 4.03. The van der Waals surface area contributed by atoms with Crippen molar-refractivity contribution in [3.05, 3.63) is 0 Å². The summed E-state index contributed by atoms with van der Waals surface area (Å²) in [6, 6.07) is 0. The molecule has 0 fully saturated rings. The maximum Gasteiger partial charge on any atom is 0.257 e. The van der Waals surface area contributed by atoms with E-state index in [1.807, 2.05) is 0 Å². The minimum absolute atomic E-state index is 0.326. The molecule has 0 heterocycles. The van der Waals surface area contributed by atoms with Crippen molar-refractivity contribution >= 4 is 63.1 Å². The highest BCUT2D eigenvalue weighted by Gasteiger charge is 2.30. The lowest BCUT2D eigenvalue weighted by molar-refractivity contribution is 0.592. The van der Waals surface area contributed by atoms with Crippen LogP contribution in [0.2, 0.25) is 0 Å². The highest BCUT2D eigenvalue weighted by atomic mass is 35.9. The molecule has 0 spiro atoms. The number of halogens is 5. The average Bonchev–Trinajstić information content (AvgIpc) is 1.14. The Morgan fingerprint density at radius 2 is 1.56 bits per heavy atom. The maximum absolute atomic E-state index is 10.5. The number of hydrogen-bond acceptors (Lipinski definition) is 1. The minimum atomic E-state index is -3.24. The van der Waals surface area contributed by atoms with Crippen LogP contribution in [0.15, 0.2) is 0 Å². The van der Waals surface area contributed by atoms with Gasteiger partial charge in [-0.25, -0.2) is 0 Å². The van der Waals surface area contributed by atoms with E-state index in [0.29, 0.717) is 0 Å². The first-order valence-corrected chi connectivity index (χ1v) is 6.59. The second-order valence-corrected chi connectivity index (χ2v) is 9.11. The van der Waals surface area contributed by atoms with Gasteiger partial charge in [-0.3, -0.25) is 4.57 Å². The van der Waals surface area contributed by atoms with Crippen molar-refractivity contribution in [1.82, 2.24) is 0 Å². The van der Waals surface area contributed by atoms with Crippen molar-refractivity contribution in [2.45, 2.75) is 3.79 Å². The predicted molar refractivity (Wildman–Crippen MR) is 44.5 cm³/mol. The second kappa shape index (κ2) is 3.38. The molecular formula is C2H2Cl5OP. The molecule has 0 amide bonds. The van der Waals surface area contributed by atoms with Crippen LogP contribution < -0.4 is 0 Å². The van der Waals surface area contributed by atoms with E-state index >= 15 is 0 Å². The zero-order chi connectivity index (χ0) is 7.71. The van der Waals surface area contributed by atoms with Crippen molar-refractivity contribution in [2.75, 3.05) is 6.16 Å². The fraction of sp³-hybridized carbons (Fsp3) is 1.00. The Hall–Kier alpha value is 1.68. The summed E-state index contributed by atoms with van der Waals surface area (Å²) >= 11 is 25.8. The zero-order valence-electron chi connectivity index (χ0n) is 3.95. The first kappa shape index (κ1) is 10.7. The van der Waals surface area contributed by atoms with Gasteiger partial charge in [-0.15, -0.1) is 0 Å². The van der Waals surface area contributed by atoms with Crippen molar-refractivity contribution in [2.24, 2.45) is 0 Å². The van der Waals surface area contributed by atoms with E-state index < -0.39 is 9.64 Å². The van der Waals surface area contributed by atoms with Gasteiger partial charge in [-0.1, -0.05) is 34.8 Å². The van der Waals surface area contributed by atoms with Gasteiger partial charge in [0.25, 0.3) is 5.85 Å². The molecule has 0 bridgehead atoms. The molecular weight excluding hydrogens is 248 g/mol. The van der Waals surface area contributed by atoms with E-state index in [0.717, 1.165) is 0 Å². The normalized spacial score (nSPS) is 13.9. The quantitative estimate of drug-likeness (QED) is 0.507. The topological polar surface area (TPSA) is 17.1 Å². The van der Waals surface area contributed by atoms with E-state index in [9.17, 15) is 4.57 Å². The largest absolute Gasteiger partial charge is 0.289 e. The van der Waals surface area contributed by atoms with Gasteiger partial charge >= 0.3 is 0 Å². The van der Waals surface area contributed by atoms with Crippen LogP contribution in [0.4, 0.5) is 0 Å². The van der Waals surface area contributed by atoms with E-state index in [1.165, 1.54) is 0 Å². The standard InChI is InChI=1S/C2H2Cl5OP/c3-2(4,5)1-9(6,7)8/h1H2. The molecule has 0 aromatic heterocycles. The maximum atomic E-state index is 10.5. The number of hydrogen-bond donors (Lipinski definition) is 0. The van der Waals surface area contributed by atoms with Crippen LogP contribution in [-0.4, -0.2) is 9.95 Å². The molecule has 7 heteroatoms. The van der Waals surface area contributed by atoms with E-state index in [4.69, 9.17) is 57.3 Å². The first-order valence-electron chi connectivity index (χ1n) is 1.76. The molecule has 0 aliphatic heterocycles. The summed E-state index contributed by atoms with van der Waals surface area (Å²) in [4.78, 5) is 0. The van der Waals surface area contributed by atoms with Crippen LogP contribution in [0.5, 0.6) is 0 Å². The highest BCUT2D eigenvalue weighted by molar-refractivity contribution is 8.08. The fourth-order valence-electron chi connectivity index (χ4n) is 0.209. The second-order valence-electron chi connectivity index (χ2n) is 1.34. The molecule has 9 heavy (non-hydrogen) atoms. The molecule has 0 unspecified atom stereocenters. The Bertz CT molecular complexity index is 132. The monoisotopic (exact) mass is 248 g/mol. The Labute approximate surface area is 77.5 Å². The van der Waals surface area contributed by atoms with Crippen molar-refractivity contribution in [3.8, 4) is 0 Å². The Morgan fingerprint density at radius 3 is 1.56 bits per heavy atom. The molecule has 0 saturated carbocycles. The Balaban J connectivity index is 3.90. The summed E-state index contributed by atoms with van der Waals surface area (Å²) in [7, 11) is 0. The van der Waals surface area contributed by atoms with Crippen LogP contribution in [0.25, 0.3) is 0 Å². The number of alkyl halides is 3. The minimum Gasteiger partial charge on any atom is -0.289 e. The summed E-state index contributed by atoms with van der Waals surface area (Å²) in [6.07, 6.45) is -0.326. The molecule has 0 aromatic rings. The van der Waals surface area contributed by atoms with Gasteiger partial charge in [-0.05, 0) is 22.5 Å². The molecule has 56 valence electrons. The average molecular weight is 250 g/mol. The molecule has 0 aromatic carbocycles. The summed E-state index contributed by atoms with van der Waals surface area (Å²) in [5, 5.41) is 0. The molecule has 0 aliphatic rings. The van der Waals surface area contributed by atoms with Gasteiger partial charge < -0.3 is 0 Å². The third kappa shape index (κ3) is 9.68. The summed E-state index contributed by atoms with van der Waals surface area (Å²) < 4.78 is 8.88. The summed E-state index contributed by atoms with van der Waals surface area (Å²) in [5.41, 5.74) is 0. The van der Waals surface area contributed by atoms with Crippen molar-refractivity contribution < 1.29 is 4.57 Å². The molecule has 0 aliphatic carbocycles. The first-order chi connectivity index (χ1) is 3.71. The molecule has 1 nitrogen and oxygen atoms in total. The lowest BCUT2D eigenvalue weighted by atomic mass is 10.9. The summed E-state index contributed by atoms with van der Waals surface area (Å²) in [6.45, 7) is 0. The van der Waals surface area contributed by atoms with Crippen LogP contribution in [0, 0.1) is 0 Å². The Morgan fingerprint density at radius 1 is 1.22 bits per heavy atom. The molecule has 0 atom stereocenters. The van der Waals surface area contributed by atoms with Gasteiger partial charge in [0.05, 0.1) is 6.16 Å². The Kier molecular flexibility index (Phi) is 4.02. The van der Waals surface area contributed by atoms with Crippen molar-refractivity contribution in [1.29, 1.82) is 0 Å². The van der Waals surface area contributed by atoms with E-state index in [-0.39, 0.29) is 6.16 Å². The van der Waals surface area contributed by atoms with Gasteiger partial charge in [0.2, 0.25) is 0 Å². The van der Waals surface area contributed by atoms with Crippen LogP contribution in [-0.2, 0) is 4.57 Å². The van der Waals surface area contributed by atoms with Crippen molar-refractivity contribution in [3.63, 3.8) is 0 Å². The highest BCUT2D eigenvalue weighted by Crippen LogP contribution is 2.60. The van der Waals surface area contributed by atoms with Gasteiger partial charge in [0, 0.05) is 0 Å². The fourth-order valence-corrected chi connectivity index (χ4v) is 4.32. The van der Waals surface area contributed by atoms with Gasteiger partial charge in [0.15, 0.2) is 3.79 Å². The van der Waals surface area contributed by atoms with Crippen LogP contribution >= 0.6 is 63.1 Å². The van der Waals surface area contributed by atoms with Gasteiger partial charge in [0.1, 0.15) is 0 Å². The molecule has 0 N–H and O–H groups in total. The van der Waals surface area contributed by atoms with Crippen LogP contribution in [0.3, 0.4) is 0 Å². The molecule has 0 saturated heterocycles. The molecule has 0 radical (unpaired) electrons. The van der Waals surface area contributed by atoms with E-state index in [1.54, 1.807) is 0 Å². The lowest BCUT2D eigenvalue weighted by Gasteiger charge is -2.09. The lowest BCUT2D eigenvalue weighted by Crippen LogP contribution is -2.05. The third-order valence-corrected chi connectivity index (χ3v) is 2.88. The number of rotatable bonds is 1. The van der Waals surface area contributed by atoms with Gasteiger partial charge in [-0.2, -0.15) is 0 Å². The van der Waals surface area contributed by atoms with Crippen LogP contribution in [0.1, 0.15) is 0 Å². The molecule has 0 rings (SSSR count). The summed E-state index contributed by atoms with van der Waals surface area (Å²) in [5.74, 6) is -3.24. The van der Waals surface area contributed by atoms with E-state index in [2.05, 4.69) is 0 Å². The smallest absolute Gasteiger partial charge is 0.257 e. The zero-order valence-corrected chi connectivity index (χ0v) is 8.63. The SMILES string of the molecule is O=P(Cl)(Cl)CC(Cl)(Cl)Cl. The third-order valence-electron chi connectivity index (χ3n) is 0.363.